The summed E-state index contributed by atoms with van der Waals surface area (Å²) >= 11 is 6.67. The fourth-order valence-electron chi connectivity index (χ4n) is 4.81. The smallest absolute Gasteiger partial charge is 0.254 e. The van der Waals surface area contributed by atoms with Crippen molar-refractivity contribution in [1.82, 2.24) is 10.2 Å². The predicted molar refractivity (Wildman–Crippen MR) is 142 cm³/mol. The fourth-order valence-corrected chi connectivity index (χ4v) is 5.13. The SMILES string of the molecule is Cc1cc(CNc2n[nH]c(Cc3ccc(N4C[C@@H](C)O[C@@H](C)C4)c(Cl)c3)c2C(N)=O)cc(C)c1C. The molecule has 0 saturated carbocycles. The molecule has 1 fully saturated rings. The number of hydrogen-bond acceptors (Lipinski definition) is 5. The van der Waals surface area contributed by atoms with E-state index in [4.69, 9.17) is 22.1 Å². The third kappa shape index (κ3) is 5.63. The van der Waals surface area contributed by atoms with Crippen LogP contribution in [0.15, 0.2) is 30.3 Å². The summed E-state index contributed by atoms with van der Waals surface area (Å²) in [6.45, 7) is 12.6. The predicted octanol–water partition coefficient (Wildman–Crippen LogP) is 4.90. The van der Waals surface area contributed by atoms with Gasteiger partial charge in [-0.2, -0.15) is 5.10 Å². The van der Waals surface area contributed by atoms with Crippen molar-refractivity contribution in [1.29, 1.82) is 0 Å². The van der Waals surface area contributed by atoms with Gasteiger partial charge in [0.05, 0.1) is 28.6 Å². The summed E-state index contributed by atoms with van der Waals surface area (Å²) in [4.78, 5) is 14.6. The normalized spacial score (nSPS) is 18.1. The number of nitrogens with zero attached hydrogens (tertiary/aromatic N) is 2. The molecule has 1 amide bonds. The number of hydrogen-bond donors (Lipinski definition) is 3. The third-order valence-electron chi connectivity index (χ3n) is 6.69. The van der Waals surface area contributed by atoms with Gasteiger partial charge >= 0.3 is 0 Å². The molecule has 1 aromatic heterocycles. The fraction of sp³-hybridized carbons (Fsp3) is 0.407. The first-order valence-corrected chi connectivity index (χ1v) is 12.4. The number of aromatic amines is 1. The van der Waals surface area contributed by atoms with E-state index in [9.17, 15) is 4.79 Å². The molecule has 2 atom stereocenters. The van der Waals surface area contributed by atoms with Gasteiger partial charge in [0, 0.05) is 26.1 Å². The first kappa shape index (κ1) is 25.1. The van der Waals surface area contributed by atoms with Gasteiger partial charge in [-0.25, -0.2) is 0 Å². The van der Waals surface area contributed by atoms with Gasteiger partial charge in [0.25, 0.3) is 5.91 Å². The Morgan fingerprint density at radius 2 is 1.80 bits per heavy atom. The minimum Gasteiger partial charge on any atom is -0.372 e. The second-order valence-electron chi connectivity index (χ2n) is 9.62. The van der Waals surface area contributed by atoms with Crippen LogP contribution in [-0.2, 0) is 17.7 Å². The van der Waals surface area contributed by atoms with Crippen molar-refractivity contribution in [3.05, 3.63) is 74.4 Å². The van der Waals surface area contributed by atoms with Crippen LogP contribution in [0.25, 0.3) is 0 Å². The minimum atomic E-state index is -0.522. The van der Waals surface area contributed by atoms with Crippen LogP contribution >= 0.6 is 11.6 Å². The van der Waals surface area contributed by atoms with E-state index in [0.717, 1.165) is 29.9 Å². The van der Waals surface area contributed by atoms with Gasteiger partial charge in [0.2, 0.25) is 0 Å². The highest BCUT2D eigenvalue weighted by molar-refractivity contribution is 6.33. The molecular formula is C27H34ClN5O2. The van der Waals surface area contributed by atoms with Gasteiger partial charge in [-0.05, 0) is 74.6 Å². The van der Waals surface area contributed by atoms with E-state index in [-0.39, 0.29) is 12.2 Å². The third-order valence-corrected chi connectivity index (χ3v) is 6.99. The maximum absolute atomic E-state index is 12.3. The average Bonchev–Trinajstić information content (AvgIpc) is 3.18. The van der Waals surface area contributed by atoms with Crippen molar-refractivity contribution in [2.24, 2.45) is 5.73 Å². The van der Waals surface area contributed by atoms with Crippen LogP contribution in [0, 0.1) is 20.8 Å². The van der Waals surface area contributed by atoms with Gasteiger partial charge < -0.3 is 20.7 Å². The number of carbonyl (C=O) groups is 1. The average molecular weight is 496 g/mol. The van der Waals surface area contributed by atoms with Crippen molar-refractivity contribution in [3.8, 4) is 0 Å². The highest BCUT2D eigenvalue weighted by atomic mass is 35.5. The number of halogens is 1. The van der Waals surface area contributed by atoms with E-state index in [2.05, 4.69) is 67.2 Å². The molecular weight excluding hydrogens is 462 g/mol. The summed E-state index contributed by atoms with van der Waals surface area (Å²) in [6.07, 6.45) is 0.763. The summed E-state index contributed by atoms with van der Waals surface area (Å²) < 4.78 is 5.84. The number of aromatic nitrogens is 2. The van der Waals surface area contributed by atoms with E-state index in [1.165, 1.54) is 16.7 Å². The molecule has 2 heterocycles. The van der Waals surface area contributed by atoms with Crippen molar-refractivity contribution in [3.63, 3.8) is 0 Å². The molecule has 1 aliphatic heterocycles. The van der Waals surface area contributed by atoms with E-state index in [0.29, 0.717) is 35.1 Å². The maximum Gasteiger partial charge on any atom is 0.254 e. The zero-order chi connectivity index (χ0) is 25.3. The molecule has 1 saturated heterocycles. The van der Waals surface area contributed by atoms with Crippen LogP contribution in [-0.4, -0.2) is 41.4 Å². The summed E-state index contributed by atoms with van der Waals surface area (Å²) in [5, 5.41) is 11.3. The Kier molecular flexibility index (Phi) is 7.38. The number of nitrogens with one attached hydrogen (secondary N) is 2. The molecule has 7 nitrogen and oxygen atoms in total. The van der Waals surface area contributed by atoms with Crippen molar-refractivity contribution >= 4 is 29.0 Å². The van der Waals surface area contributed by atoms with Crippen molar-refractivity contribution in [2.75, 3.05) is 23.3 Å². The summed E-state index contributed by atoms with van der Waals surface area (Å²) in [5.74, 6) is -0.0612. The van der Waals surface area contributed by atoms with Crippen LogP contribution in [0.1, 0.15) is 57.7 Å². The lowest BCUT2D eigenvalue weighted by molar-refractivity contribution is -0.00521. The zero-order valence-electron chi connectivity index (χ0n) is 21.0. The Morgan fingerprint density at radius 1 is 1.14 bits per heavy atom. The van der Waals surface area contributed by atoms with Crippen LogP contribution in [0.5, 0.6) is 0 Å². The lowest BCUT2D eigenvalue weighted by Gasteiger charge is -2.37. The van der Waals surface area contributed by atoms with E-state index < -0.39 is 5.91 Å². The van der Waals surface area contributed by atoms with Crippen LogP contribution in [0.2, 0.25) is 5.02 Å². The number of ether oxygens (including phenoxy) is 1. The largest absolute Gasteiger partial charge is 0.372 e. The lowest BCUT2D eigenvalue weighted by Crippen LogP contribution is -2.45. The molecule has 0 aliphatic carbocycles. The molecule has 186 valence electrons. The summed E-state index contributed by atoms with van der Waals surface area (Å²) in [6, 6.07) is 10.3. The molecule has 1 aliphatic rings. The highest BCUT2D eigenvalue weighted by Gasteiger charge is 2.24. The number of aryl methyl sites for hydroxylation is 2. The number of nitrogens with two attached hydrogens (primary N) is 1. The van der Waals surface area contributed by atoms with Crippen molar-refractivity contribution < 1.29 is 9.53 Å². The standard InChI is InChI=1S/C27H34ClN5O2/c1-15-8-21(9-16(2)19(15)5)12-30-27-25(26(29)34)23(31-32-27)11-20-6-7-24(22(28)10-20)33-13-17(3)35-18(4)14-33/h6-10,17-18H,11-14H2,1-5H3,(H2,29,34)(H2,30,31,32)/t17-,18+. The first-order valence-electron chi connectivity index (χ1n) is 12.0. The zero-order valence-corrected chi connectivity index (χ0v) is 21.8. The van der Waals surface area contributed by atoms with E-state index in [1.807, 2.05) is 18.2 Å². The Hall–Kier alpha value is -3.03. The number of benzene rings is 2. The molecule has 0 spiro atoms. The number of morpholine rings is 1. The highest BCUT2D eigenvalue weighted by Crippen LogP contribution is 2.31. The number of H-pyrrole nitrogens is 1. The molecule has 0 radical (unpaired) electrons. The first-order chi connectivity index (χ1) is 16.6. The van der Waals surface area contributed by atoms with Gasteiger partial charge in [-0.15, -0.1) is 0 Å². The number of amides is 1. The van der Waals surface area contributed by atoms with Crippen LogP contribution in [0.3, 0.4) is 0 Å². The number of primary amides is 1. The van der Waals surface area contributed by atoms with Gasteiger partial charge in [-0.3, -0.25) is 9.89 Å². The Balaban J connectivity index is 1.51. The topological polar surface area (TPSA) is 96.3 Å². The Bertz CT molecular complexity index is 1210. The van der Waals surface area contributed by atoms with Gasteiger partial charge in [0.15, 0.2) is 5.82 Å². The lowest BCUT2D eigenvalue weighted by atomic mass is 10.0. The summed E-state index contributed by atoms with van der Waals surface area (Å²) in [5.41, 5.74) is 13.6. The minimum absolute atomic E-state index is 0.149. The molecule has 8 heteroatoms. The molecule has 0 bridgehead atoms. The molecule has 2 aromatic carbocycles. The number of anilines is 2. The Morgan fingerprint density at radius 3 is 2.40 bits per heavy atom. The summed E-state index contributed by atoms with van der Waals surface area (Å²) in [7, 11) is 0. The Labute approximate surface area is 212 Å². The number of carbonyl (C=O) groups excluding carboxylic acids is 1. The quantitative estimate of drug-likeness (QED) is 0.433. The van der Waals surface area contributed by atoms with E-state index in [1.54, 1.807) is 0 Å². The molecule has 3 aromatic rings. The van der Waals surface area contributed by atoms with Crippen molar-refractivity contribution in [2.45, 2.75) is 59.8 Å². The second-order valence-corrected chi connectivity index (χ2v) is 10.0. The monoisotopic (exact) mass is 495 g/mol. The number of rotatable bonds is 7. The maximum atomic E-state index is 12.3. The molecule has 35 heavy (non-hydrogen) atoms. The second kappa shape index (κ2) is 10.3. The molecule has 4 rings (SSSR count). The van der Waals surface area contributed by atoms with Gasteiger partial charge in [-0.1, -0.05) is 29.8 Å². The molecule has 4 N–H and O–H groups in total. The van der Waals surface area contributed by atoms with Crippen LogP contribution < -0.4 is 16.0 Å². The van der Waals surface area contributed by atoms with Crippen LogP contribution in [0.4, 0.5) is 11.5 Å². The van der Waals surface area contributed by atoms with Gasteiger partial charge in [0.1, 0.15) is 5.56 Å². The van der Waals surface area contributed by atoms with E-state index >= 15 is 0 Å². The molecule has 0 unspecified atom stereocenters.